The minimum Gasteiger partial charge on any atom is -0.319 e. The molecule has 1 rings (SSSR count). The summed E-state index contributed by atoms with van der Waals surface area (Å²) in [5.74, 6) is 2.11. The van der Waals surface area contributed by atoms with Gasteiger partial charge in [0.15, 0.2) is 5.82 Å². The number of aryl methyl sites for hydroxylation is 1. The first-order valence-electron chi connectivity index (χ1n) is 5.58. The van der Waals surface area contributed by atoms with Gasteiger partial charge in [-0.3, -0.25) is 4.68 Å². The molecule has 0 aromatic carbocycles. The van der Waals surface area contributed by atoms with Gasteiger partial charge in [-0.25, -0.2) is 4.98 Å². The highest BCUT2D eigenvalue weighted by atomic mass is 15.3. The quantitative estimate of drug-likeness (QED) is 0.826. The van der Waals surface area contributed by atoms with Crippen molar-refractivity contribution in [1.29, 1.82) is 0 Å². The molecule has 1 aromatic rings. The van der Waals surface area contributed by atoms with Gasteiger partial charge in [0.05, 0.1) is 5.54 Å². The molecule has 0 aliphatic carbocycles. The van der Waals surface area contributed by atoms with Crippen molar-refractivity contribution in [2.75, 3.05) is 0 Å². The molecule has 15 heavy (non-hydrogen) atoms. The zero-order valence-electron chi connectivity index (χ0n) is 10.4. The molecule has 1 aromatic heterocycles. The second-order valence-electron chi connectivity index (χ2n) is 4.74. The average molecular weight is 210 g/mol. The van der Waals surface area contributed by atoms with Crippen LogP contribution in [-0.4, -0.2) is 14.8 Å². The standard InChI is InChI=1S/C11H22N4/c1-6-7-11(4,12)10-13-9(8(2)3)14-15(10)5/h8H,6-7,12H2,1-5H3. The molecule has 0 aliphatic rings. The highest BCUT2D eigenvalue weighted by Crippen LogP contribution is 2.22. The Kier molecular flexibility index (Phi) is 3.50. The lowest BCUT2D eigenvalue weighted by molar-refractivity contribution is 0.401. The van der Waals surface area contributed by atoms with E-state index in [1.54, 1.807) is 0 Å². The molecule has 0 saturated carbocycles. The van der Waals surface area contributed by atoms with Crippen molar-refractivity contribution < 1.29 is 0 Å². The topological polar surface area (TPSA) is 56.7 Å². The molecule has 0 amide bonds. The fourth-order valence-corrected chi connectivity index (χ4v) is 1.78. The number of nitrogens with zero attached hydrogens (tertiary/aromatic N) is 3. The first-order chi connectivity index (χ1) is 6.88. The van der Waals surface area contributed by atoms with E-state index < -0.39 is 0 Å². The van der Waals surface area contributed by atoms with E-state index in [1.165, 1.54) is 0 Å². The maximum absolute atomic E-state index is 6.24. The van der Waals surface area contributed by atoms with Crippen LogP contribution in [0.15, 0.2) is 0 Å². The molecule has 1 atom stereocenters. The van der Waals surface area contributed by atoms with Gasteiger partial charge in [0, 0.05) is 13.0 Å². The van der Waals surface area contributed by atoms with Crippen molar-refractivity contribution in [2.45, 2.75) is 52.0 Å². The van der Waals surface area contributed by atoms with Crippen LogP contribution in [0.5, 0.6) is 0 Å². The van der Waals surface area contributed by atoms with Crippen molar-refractivity contribution in [2.24, 2.45) is 12.8 Å². The lowest BCUT2D eigenvalue weighted by Crippen LogP contribution is -2.35. The van der Waals surface area contributed by atoms with Gasteiger partial charge < -0.3 is 5.73 Å². The van der Waals surface area contributed by atoms with Gasteiger partial charge in [-0.15, -0.1) is 0 Å². The fourth-order valence-electron chi connectivity index (χ4n) is 1.78. The molecular weight excluding hydrogens is 188 g/mol. The first-order valence-corrected chi connectivity index (χ1v) is 5.58. The number of hydrogen-bond donors (Lipinski definition) is 1. The second-order valence-corrected chi connectivity index (χ2v) is 4.74. The molecule has 1 heterocycles. The summed E-state index contributed by atoms with van der Waals surface area (Å²) in [5.41, 5.74) is 5.87. The molecule has 4 heteroatoms. The molecule has 0 fully saturated rings. The van der Waals surface area contributed by atoms with Crippen molar-refractivity contribution >= 4 is 0 Å². The molecule has 4 nitrogen and oxygen atoms in total. The second kappa shape index (κ2) is 4.31. The van der Waals surface area contributed by atoms with E-state index >= 15 is 0 Å². The Balaban J connectivity index is 3.03. The Labute approximate surface area is 91.9 Å². The fraction of sp³-hybridized carbons (Fsp3) is 0.818. The summed E-state index contributed by atoms with van der Waals surface area (Å²) in [6, 6.07) is 0. The zero-order valence-corrected chi connectivity index (χ0v) is 10.4. The highest BCUT2D eigenvalue weighted by Gasteiger charge is 2.26. The van der Waals surface area contributed by atoms with E-state index in [0.29, 0.717) is 5.92 Å². The minimum atomic E-state index is -0.371. The van der Waals surface area contributed by atoms with E-state index in [4.69, 9.17) is 5.73 Å². The van der Waals surface area contributed by atoms with Crippen LogP contribution in [0.4, 0.5) is 0 Å². The maximum Gasteiger partial charge on any atom is 0.153 e. The molecule has 0 spiro atoms. The van der Waals surface area contributed by atoms with Crippen LogP contribution in [0.25, 0.3) is 0 Å². The van der Waals surface area contributed by atoms with Crippen LogP contribution < -0.4 is 5.73 Å². The van der Waals surface area contributed by atoms with Gasteiger partial charge in [-0.05, 0) is 13.3 Å². The smallest absolute Gasteiger partial charge is 0.153 e. The molecule has 0 saturated heterocycles. The summed E-state index contributed by atoms with van der Waals surface area (Å²) in [6.45, 7) is 8.33. The molecule has 86 valence electrons. The Morgan fingerprint density at radius 2 is 2.07 bits per heavy atom. The monoisotopic (exact) mass is 210 g/mol. The minimum absolute atomic E-state index is 0.349. The van der Waals surface area contributed by atoms with Gasteiger partial charge >= 0.3 is 0 Å². The molecule has 0 radical (unpaired) electrons. The third-order valence-corrected chi connectivity index (χ3v) is 2.58. The van der Waals surface area contributed by atoms with Gasteiger partial charge in [0.25, 0.3) is 0 Å². The summed E-state index contributed by atoms with van der Waals surface area (Å²) in [7, 11) is 1.91. The van der Waals surface area contributed by atoms with Crippen LogP contribution >= 0.6 is 0 Å². The third kappa shape index (κ3) is 2.56. The SMILES string of the molecule is CCCC(C)(N)c1nc(C(C)C)nn1C. The van der Waals surface area contributed by atoms with Crippen molar-refractivity contribution in [3.8, 4) is 0 Å². The number of hydrogen-bond acceptors (Lipinski definition) is 3. The molecular formula is C11H22N4. The normalized spacial score (nSPS) is 15.7. The Morgan fingerprint density at radius 3 is 2.47 bits per heavy atom. The Morgan fingerprint density at radius 1 is 1.47 bits per heavy atom. The largest absolute Gasteiger partial charge is 0.319 e. The number of aromatic nitrogens is 3. The maximum atomic E-state index is 6.24. The molecule has 2 N–H and O–H groups in total. The Hall–Kier alpha value is -0.900. The van der Waals surface area contributed by atoms with Gasteiger partial charge in [0.1, 0.15) is 5.82 Å². The number of rotatable bonds is 4. The van der Waals surface area contributed by atoms with Crippen molar-refractivity contribution in [3.05, 3.63) is 11.6 Å². The first kappa shape index (κ1) is 12.2. The van der Waals surface area contributed by atoms with Gasteiger partial charge in [0.2, 0.25) is 0 Å². The average Bonchev–Trinajstić information content (AvgIpc) is 2.47. The van der Waals surface area contributed by atoms with E-state index in [1.807, 2.05) is 18.7 Å². The third-order valence-electron chi connectivity index (χ3n) is 2.58. The van der Waals surface area contributed by atoms with Crippen LogP contribution in [-0.2, 0) is 12.6 Å². The predicted octanol–water partition coefficient (Wildman–Crippen LogP) is 1.91. The van der Waals surface area contributed by atoms with Crippen LogP contribution in [0.3, 0.4) is 0 Å². The summed E-state index contributed by atoms with van der Waals surface area (Å²) in [4.78, 5) is 4.53. The number of nitrogens with two attached hydrogens (primary N) is 1. The van der Waals surface area contributed by atoms with Crippen LogP contribution in [0, 0.1) is 0 Å². The van der Waals surface area contributed by atoms with Gasteiger partial charge in [-0.1, -0.05) is 27.2 Å². The summed E-state index contributed by atoms with van der Waals surface area (Å²) in [6.07, 6.45) is 1.98. The zero-order chi connectivity index (χ0) is 11.6. The summed E-state index contributed by atoms with van der Waals surface area (Å²) >= 11 is 0. The lowest BCUT2D eigenvalue weighted by atomic mass is 9.96. The molecule has 0 bridgehead atoms. The molecule has 1 unspecified atom stereocenters. The van der Waals surface area contributed by atoms with E-state index in [0.717, 1.165) is 24.5 Å². The van der Waals surface area contributed by atoms with Crippen LogP contribution in [0.2, 0.25) is 0 Å². The van der Waals surface area contributed by atoms with Crippen molar-refractivity contribution in [3.63, 3.8) is 0 Å². The van der Waals surface area contributed by atoms with Crippen LogP contribution in [0.1, 0.15) is 58.1 Å². The van der Waals surface area contributed by atoms with Crippen molar-refractivity contribution in [1.82, 2.24) is 14.8 Å². The lowest BCUT2D eigenvalue weighted by Gasteiger charge is -2.22. The van der Waals surface area contributed by atoms with E-state index in [9.17, 15) is 0 Å². The summed E-state index contributed by atoms with van der Waals surface area (Å²) in [5, 5.41) is 4.38. The summed E-state index contributed by atoms with van der Waals surface area (Å²) < 4.78 is 1.81. The van der Waals surface area contributed by atoms with E-state index in [2.05, 4.69) is 30.9 Å². The predicted molar refractivity (Wildman–Crippen MR) is 61.5 cm³/mol. The highest BCUT2D eigenvalue weighted by molar-refractivity contribution is 5.06. The van der Waals surface area contributed by atoms with E-state index in [-0.39, 0.29) is 5.54 Å². The molecule has 0 aliphatic heterocycles. The Bertz CT molecular complexity index is 325. The van der Waals surface area contributed by atoms with Gasteiger partial charge in [-0.2, -0.15) is 5.10 Å².